The minimum absolute atomic E-state index is 0.00292. The van der Waals surface area contributed by atoms with E-state index < -0.39 is 5.41 Å². The van der Waals surface area contributed by atoms with Gasteiger partial charge in [-0.2, -0.15) is 0 Å². The molecule has 0 aromatic heterocycles. The fourth-order valence-corrected chi connectivity index (χ4v) is 2.21. The Morgan fingerprint density at radius 3 is 2.71 bits per heavy atom. The first kappa shape index (κ1) is 14.0. The molecule has 2 N–H and O–H groups in total. The average molecular weight is 242 g/mol. The van der Waals surface area contributed by atoms with Crippen molar-refractivity contribution in [3.05, 3.63) is 0 Å². The van der Waals surface area contributed by atoms with Crippen LogP contribution in [0.1, 0.15) is 32.6 Å². The predicted octanol–water partition coefficient (Wildman–Crippen LogP) is 0.134. The van der Waals surface area contributed by atoms with Crippen molar-refractivity contribution in [2.45, 2.75) is 32.6 Å². The Kier molecular flexibility index (Phi) is 4.93. The van der Waals surface area contributed by atoms with Gasteiger partial charge < -0.3 is 15.3 Å². The summed E-state index contributed by atoms with van der Waals surface area (Å²) in [5.74, 6) is 0.0919. The maximum Gasteiger partial charge on any atom is 0.227 e. The van der Waals surface area contributed by atoms with Crippen molar-refractivity contribution in [1.29, 1.82) is 0 Å². The molecule has 0 aliphatic carbocycles. The monoisotopic (exact) mass is 242 g/mol. The number of unbranched alkanes of at least 4 members (excludes halogenated alkanes) is 1. The van der Waals surface area contributed by atoms with Gasteiger partial charge in [0.05, 0.1) is 5.41 Å². The lowest BCUT2D eigenvalue weighted by Gasteiger charge is -2.22. The van der Waals surface area contributed by atoms with Crippen molar-refractivity contribution in [2.75, 3.05) is 26.7 Å². The molecule has 0 aromatic carbocycles. The molecule has 98 valence electrons. The smallest absolute Gasteiger partial charge is 0.227 e. The van der Waals surface area contributed by atoms with E-state index in [0.29, 0.717) is 32.4 Å². The second kappa shape index (κ2) is 6.00. The van der Waals surface area contributed by atoms with Gasteiger partial charge in [-0.25, -0.2) is 0 Å². The van der Waals surface area contributed by atoms with E-state index in [1.807, 2.05) is 6.92 Å². The lowest BCUT2D eigenvalue weighted by atomic mass is 9.89. The van der Waals surface area contributed by atoms with Crippen molar-refractivity contribution < 1.29 is 14.7 Å². The Bertz CT molecular complexity index is 293. The Balaban J connectivity index is 2.44. The van der Waals surface area contributed by atoms with Crippen LogP contribution in [-0.4, -0.2) is 48.6 Å². The highest BCUT2D eigenvalue weighted by atomic mass is 16.3. The molecular formula is C12H22N2O3. The first-order chi connectivity index (χ1) is 8.03. The molecule has 0 saturated carbocycles. The highest BCUT2D eigenvalue weighted by Crippen LogP contribution is 2.30. The standard InChI is InChI=1S/C12H22N2O3/c1-12(11(17)13-2)6-7-14(9-12)10(16)5-3-4-8-15/h15H,3-9H2,1-2H3,(H,13,17). The molecule has 5 heteroatoms. The van der Waals surface area contributed by atoms with Crippen LogP contribution in [0.15, 0.2) is 0 Å². The van der Waals surface area contributed by atoms with E-state index in [-0.39, 0.29) is 18.4 Å². The summed E-state index contributed by atoms with van der Waals surface area (Å²) in [6.07, 6.45) is 2.55. The highest BCUT2D eigenvalue weighted by Gasteiger charge is 2.41. The zero-order chi connectivity index (χ0) is 12.9. The summed E-state index contributed by atoms with van der Waals surface area (Å²) in [6.45, 7) is 3.18. The molecular weight excluding hydrogens is 220 g/mol. The zero-order valence-corrected chi connectivity index (χ0v) is 10.7. The first-order valence-electron chi connectivity index (χ1n) is 6.14. The number of hydrogen-bond donors (Lipinski definition) is 2. The van der Waals surface area contributed by atoms with Gasteiger partial charge in [-0.15, -0.1) is 0 Å². The Morgan fingerprint density at radius 1 is 1.41 bits per heavy atom. The molecule has 0 radical (unpaired) electrons. The number of nitrogens with zero attached hydrogens (tertiary/aromatic N) is 1. The normalized spacial score (nSPS) is 23.8. The Morgan fingerprint density at radius 2 is 2.12 bits per heavy atom. The van der Waals surface area contributed by atoms with Crippen molar-refractivity contribution in [1.82, 2.24) is 10.2 Å². The van der Waals surface area contributed by atoms with E-state index in [0.717, 1.165) is 6.42 Å². The van der Waals surface area contributed by atoms with E-state index >= 15 is 0 Å². The van der Waals surface area contributed by atoms with Crippen LogP contribution in [0.25, 0.3) is 0 Å². The molecule has 1 unspecified atom stereocenters. The fraction of sp³-hybridized carbons (Fsp3) is 0.833. The van der Waals surface area contributed by atoms with Crippen molar-refractivity contribution in [2.24, 2.45) is 5.41 Å². The number of hydrogen-bond acceptors (Lipinski definition) is 3. The zero-order valence-electron chi connectivity index (χ0n) is 10.7. The first-order valence-corrected chi connectivity index (χ1v) is 6.14. The molecule has 0 spiro atoms. The van der Waals surface area contributed by atoms with Crippen LogP contribution in [0.3, 0.4) is 0 Å². The Labute approximate surface area is 102 Å². The number of amides is 2. The van der Waals surface area contributed by atoms with Gasteiger partial charge in [-0.1, -0.05) is 0 Å². The molecule has 1 aliphatic heterocycles. The van der Waals surface area contributed by atoms with Gasteiger partial charge in [-0.3, -0.25) is 9.59 Å². The third-order valence-electron chi connectivity index (χ3n) is 3.40. The molecule has 17 heavy (non-hydrogen) atoms. The predicted molar refractivity (Wildman–Crippen MR) is 64.3 cm³/mol. The van der Waals surface area contributed by atoms with E-state index in [9.17, 15) is 9.59 Å². The van der Waals surface area contributed by atoms with Crippen LogP contribution in [0, 0.1) is 5.41 Å². The maximum absolute atomic E-state index is 11.8. The van der Waals surface area contributed by atoms with Crippen LogP contribution in [0.2, 0.25) is 0 Å². The summed E-state index contributed by atoms with van der Waals surface area (Å²) in [5, 5.41) is 11.3. The molecule has 1 saturated heterocycles. The third kappa shape index (κ3) is 3.43. The van der Waals surface area contributed by atoms with Crippen LogP contribution in [0.4, 0.5) is 0 Å². The maximum atomic E-state index is 11.8. The quantitative estimate of drug-likeness (QED) is 0.673. The van der Waals surface area contributed by atoms with E-state index in [4.69, 9.17) is 5.11 Å². The van der Waals surface area contributed by atoms with Gasteiger partial charge in [-0.05, 0) is 26.2 Å². The van der Waals surface area contributed by atoms with E-state index in [2.05, 4.69) is 5.32 Å². The lowest BCUT2D eigenvalue weighted by Crippen LogP contribution is -2.40. The molecule has 0 bridgehead atoms. The van der Waals surface area contributed by atoms with E-state index in [1.54, 1.807) is 11.9 Å². The van der Waals surface area contributed by atoms with Crippen molar-refractivity contribution >= 4 is 11.8 Å². The second-order valence-corrected chi connectivity index (χ2v) is 4.89. The minimum Gasteiger partial charge on any atom is -0.396 e. The summed E-state index contributed by atoms with van der Waals surface area (Å²) in [4.78, 5) is 25.3. The summed E-state index contributed by atoms with van der Waals surface area (Å²) in [5.41, 5.74) is -0.443. The summed E-state index contributed by atoms with van der Waals surface area (Å²) in [6, 6.07) is 0. The van der Waals surface area contributed by atoms with Gasteiger partial charge in [0.2, 0.25) is 11.8 Å². The van der Waals surface area contributed by atoms with Crippen molar-refractivity contribution in [3.63, 3.8) is 0 Å². The molecule has 0 aromatic rings. The van der Waals surface area contributed by atoms with Gasteiger partial charge in [0, 0.05) is 33.2 Å². The number of rotatable bonds is 5. The molecule has 1 rings (SSSR count). The topological polar surface area (TPSA) is 69.6 Å². The number of aliphatic hydroxyl groups excluding tert-OH is 1. The van der Waals surface area contributed by atoms with Crippen molar-refractivity contribution in [3.8, 4) is 0 Å². The number of carbonyl (C=O) groups excluding carboxylic acids is 2. The van der Waals surface area contributed by atoms with Crippen LogP contribution >= 0.6 is 0 Å². The number of likely N-dealkylation sites (tertiary alicyclic amines) is 1. The van der Waals surface area contributed by atoms with Gasteiger partial charge in [0.1, 0.15) is 0 Å². The van der Waals surface area contributed by atoms with Crippen LogP contribution in [-0.2, 0) is 9.59 Å². The lowest BCUT2D eigenvalue weighted by molar-refractivity contribution is -0.132. The number of aliphatic hydroxyl groups is 1. The van der Waals surface area contributed by atoms with Gasteiger partial charge >= 0.3 is 0 Å². The minimum atomic E-state index is -0.443. The fourth-order valence-electron chi connectivity index (χ4n) is 2.21. The number of carbonyl (C=O) groups is 2. The SMILES string of the molecule is CNC(=O)C1(C)CCN(C(=O)CCCCO)C1. The van der Waals surface area contributed by atoms with Crippen LogP contribution < -0.4 is 5.32 Å². The summed E-state index contributed by atoms with van der Waals surface area (Å²) < 4.78 is 0. The molecule has 1 fully saturated rings. The summed E-state index contributed by atoms with van der Waals surface area (Å²) in [7, 11) is 1.62. The molecule has 1 heterocycles. The average Bonchev–Trinajstić information content (AvgIpc) is 2.72. The molecule has 5 nitrogen and oxygen atoms in total. The molecule has 1 aliphatic rings. The second-order valence-electron chi connectivity index (χ2n) is 4.89. The highest BCUT2D eigenvalue weighted by molar-refractivity contribution is 5.84. The molecule has 1 atom stereocenters. The van der Waals surface area contributed by atoms with E-state index in [1.165, 1.54) is 0 Å². The largest absolute Gasteiger partial charge is 0.396 e. The molecule has 2 amide bonds. The number of nitrogens with one attached hydrogen (secondary N) is 1. The summed E-state index contributed by atoms with van der Waals surface area (Å²) >= 11 is 0. The van der Waals surface area contributed by atoms with Gasteiger partial charge in [0.25, 0.3) is 0 Å². The Hall–Kier alpha value is -1.10. The van der Waals surface area contributed by atoms with Crippen LogP contribution in [0.5, 0.6) is 0 Å². The third-order valence-corrected chi connectivity index (χ3v) is 3.40. The van der Waals surface area contributed by atoms with Gasteiger partial charge in [0.15, 0.2) is 0 Å².